The lowest BCUT2D eigenvalue weighted by Gasteiger charge is -2.18. The van der Waals surface area contributed by atoms with Crippen LogP contribution in [0.3, 0.4) is 0 Å². The van der Waals surface area contributed by atoms with Crippen molar-refractivity contribution in [2.75, 3.05) is 19.8 Å². The summed E-state index contributed by atoms with van der Waals surface area (Å²) in [6.45, 7) is 7.53. The van der Waals surface area contributed by atoms with Crippen LogP contribution in [0, 0.1) is 0 Å². The molecule has 0 heterocycles. The Labute approximate surface area is 410 Å². The van der Waals surface area contributed by atoms with Crippen molar-refractivity contribution in [1.29, 1.82) is 0 Å². The summed E-state index contributed by atoms with van der Waals surface area (Å²) < 4.78 is 17.4. The van der Waals surface area contributed by atoms with Gasteiger partial charge in [0.15, 0.2) is 6.10 Å². The summed E-state index contributed by atoms with van der Waals surface area (Å²) >= 11 is 0. The van der Waals surface area contributed by atoms with Gasteiger partial charge in [0.1, 0.15) is 6.61 Å². The lowest BCUT2D eigenvalue weighted by atomic mass is 10.0. The van der Waals surface area contributed by atoms with E-state index in [1.807, 2.05) is 0 Å². The highest BCUT2D eigenvalue weighted by Crippen LogP contribution is 2.16. The van der Waals surface area contributed by atoms with E-state index in [0.29, 0.717) is 19.4 Å². The van der Waals surface area contributed by atoms with Gasteiger partial charge in [0.25, 0.3) is 0 Å². The first-order valence-electron chi connectivity index (χ1n) is 28.5. The molecule has 0 aromatic heterocycles. The Morgan fingerprint density at radius 2 is 0.682 bits per heavy atom. The topological polar surface area (TPSA) is 61.8 Å². The van der Waals surface area contributed by atoms with E-state index in [9.17, 15) is 9.59 Å². The zero-order valence-electron chi connectivity index (χ0n) is 44.0. The molecule has 0 spiro atoms. The summed E-state index contributed by atoms with van der Waals surface area (Å²) in [5.41, 5.74) is 0. The van der Waals surface area contributed by atoms with Crippen molar-refractivity contribution in [3.05, 3.63) is 72.9 Å². The summed E-state index contributed by atoms with van der Waals surface area (Å²) in [6.07, 6.45) is 73.7. The van der Waals surface area contributed by atoms with Crippen molar-refractivity contribution in [2.45, 2.75) is 284 Å². The van der Waals surface area contributed by atoms with Gasteiger partial charge < -0.3 is 14.2 Å². The molecule has 0 aromatic carbocycles. The van der Waals surface area contributed by atoms with Crippen molar-refractivity contribution in [2.24, 2.45) is 0 Å². The van der Waals surface area contributed by atoms with E-state index in [1.54, 1.807) is 0 Å². The maximum absolute atomic E-state index is 12.8. The molecule has 0 bridgehead atoms. The second kappa shape index (κ2) is 56.7. The second-order valence-corrected chi connectivity index (χ2v) is 18.8. The van der Waals surface area contributed by atoms with Crippen LogP contribution in [0.5, 0.6) is 0 Å². The third kappa shape index (κ3) is 54.0. The third-order valence-corrected chi connectivity index (χ3v) is 12.2. The first-order chi connectivity index (χ1) is 32.6. The number of unbranched alkanes of at least 4 members (excludes halogenated alkanes) is 29. The van der Waals surface area contributed by atoms with Crippen molar-refractivity contribution >= 4 is 11.9 Å². The van der Waals surface area contributed by atoms with Crippen molar-refractivity contribution < 1.29 is 23.8 Å². The van der Waals surface area contributed by atoms with Crippen molar-refractivity contribution in [3.63, 3.8) is 0 Å². The number of rotatable bonds is 52. The summed E-state index contributed by atoms with van der Waals surface area (Å²) in [6, 6.07) is 0. The Morgan fingerprint density at radius 3 is 1.09 bits per heavy atom. The van der Waals surface area contributed by atoms with Crippen LogP contribution in [0.1, 0.15) is 278 Å². The molecule has 382 valence electrons. The molecule has 0 aliphatic rings. The van der Waals surface area contributed by atoms with Gasteiger partial charge in [-0.2, -0.15) is 0 Å². The molecule has 0 fully saturated rings. The predicted molar refractivity (Wildman–Crippen MR) is 288 cm³/mol. The molecule has 0 aliphatic carbocycles. The molecule has 0 amide bonds. The summed E-state index contributed by atoms with van der Waals surface area (Å²) in [5, 5.41) is 0. The molecular formula is C61H108O5. The minimum atomic E-state index is -0.581. The van der Waals surface area contributed by atoms with Gasteiger partial charge in [-0.25, -0.2) is 0 Å². The molecule has 1 unspecified atom stereocenters. The first-order valence-corrected chi connectivity index (χ1v) is 28.5. The highest BCUT2D eigenvalue weighted by molar-refractivity contribution is 5.70. The van der Waals surface area contributed by atoms with Crippen LogP contribution in [-0.4, -0.2) is 37.9 Å². The van der Waals surface area contributed by atoms with E-state index >= 15 is 0 Å². The number of carbonyl (C=O) groups excluding carboxylic acids is 2. The van der Waals surface area contributed by atoms with E-state index < -0.39 is 6.10 Å². The molecule has 0 saturated carbocycles. The Morgan fingerprint density at radius 1 is 0.348 bits per heavy atom. The van der Waals surface area contributed by atoms with Gasteiger partial charge in [-0.05, 0) is 77.0 Å². The Bertz CT molecular complexity index is 1180. The van der Waals surface area contributed by atoms with Gasteiger partial charge in [0.2, 0.25) is 0 Å². The Hall–Kier alpha value is -2.66. The van der Waals surface area contributed by atoms with Crippen molar-refractivity contribution in [3.8, 4) is 0 Å². The highest BCUT2D eigenvalue weighted by Gasteiger charge is 2.17. The van der Waals surface area contributed by atoms with E-state index in [0.717, 1.165) is 77.0 Å². The number of ether oxygens (including phenoxy) is 3. The van der Waals surface area contributed by atoms with Crippen LogP contribution in [0.4, 0.5) is 0 Å². The fourth-order valence-electron chi connectivity index (χ4n) is 8.04. The molecule has 0 radical (unpaired) electrons. The maximum Gasteiger partial charge on any atom is 0.306 e. The molecule has 5 heteroatoms. The quantitative estimate of drug-likeness (QED) is 0.0346. The fourth-order valence-corrected chi connectivity index (χ4v) is 8.04. The van der Waals surface area contributed by atoms with Gasteiger partial charge in [0, 0.05) is 12.8 Å². The molecule has 0 aliphatic heterocycles. The monoisotopic (exact) mass is 921 g/mol. The Balaban J connectivity index is 4.33. The van der Waals surface area contributed by atoms with Crippen LogP contribution >= 0.6 is 0 Å². The van der Waals surface area contributed by atoms with Crippen LogP contribution < -0.4 is 0 Å². The number of hydrogen-bond donors (Lipinski definition) is 0. The molecule has 0 aromatic rings. The van der Waals surface area contributed by atoms with Gasteiger partial charge >= 0.3 is 11.9 Å². The van der Waals surface area contributed by atoms with Gasteiger partial charge in [-0.1, -0.05) is 261 Å². The lowest BCUT2D eigenvalue weighted by Crippen LogP contribution is -2.30. The molecule has 5 nitrogen and oxygen atoms in total. The van der Waals surface area contributed by atoms with E-state index in [1.165, 1.54) is 167 Å². The SMILES string of the molecule is CC/C=C\C/C=C\C/C=C\C/C=C\C/C=C\CCOCC(COC(=O)CCCCCCCCCCCCCCCCCCCCC)OC(=O)CCCCCCC/C=C\CCCCCCCC. The first kappa shape index (κ1) is 63.3. The van der Waals surface area contributed by atoms with Crippen LogP contribution in [0.2, 0.25) is 0 Å². The van der Waals surface area contributed by atoms with Crippen LogP contribution in [0.25, 0.3) is 0 Å². The minimum absolute atomic E-state index is 0.0533. The van der Waals surface area contributed by atoms with E-state index in [2.05, 4.69) is 93.7 Å². The van der Waals surface area contributed by atoms with Crippen LogP contribution in [0.15, 0.2) is 72.9 Å². The number of carbonyl (C=O) groups is 2. The maximum atomic E-state index is 12.8. The molecule has 66 heavy (non-hydrogen) atoms. The summed E-state index contributed by atoms with van der Waals surface area (Å²) in [5.74, 6) is -0.437. The molecular weight excluding hydrogens is 813 g/mol. The standard InChI is InChI=1S/C61H108O5/c1-4-7-10-13-16-19-22-25-28-30-31-32-34-36-39-42-45-48-51-54-60(62)65-58-59(57-64-56-53-50-47-44-41-38-35-29-26-23-20-17-14-11-8-5-2)66-61(63)55-52-49-46-43-40-37-33-27-24-21-18-15-12-9-6-3/h8,11,17,20,26-27,29,33,38,41,47,50,59H,4-7,9-10,12-16,18-19,21-25,28,30-32,34-37,39-40,42-46,48-49,51-58H2,1-3H3/b11-8-,20-17-,29-26-,33-27-,41-38-,50-47-. The zero-order valence-corrected chi connectivity index (χ0v) is 44.0. The minimum Gasteiger partial charge on any atom is -0.462 e. The lowest BCUT2D eigenvalue weighted by molar-refractivity contribution is -0.162. The van der Waals surface area contributed by atoms with E-state index in [4.69, 9.17) is 14.2 Å². The van der Waals surface area contributed by atoms with E-state index in [-0.39, 0.29) is 25.2 Å². The highest BCUT2D eigenvalue weighted by atomic mass is 16.6. The molecule has 0 saturated heterocycles. The molecule has 0 rings (SSSR count). The van der Waals surface area contributed by atoms with Crippen LogP contribution in [-0.2, 0) is 23.8 Å². The number of esters is 2. The van der Waals surface area contributed by atoms with Crippen molar-refractivity contribution in [1.82, 2.24) is 0 Å². The van der Waals surface area contributed by atoms with Gasteiger partial charge in [-0.3, -0.25) is 9.59 Å². The normalized spacial score (nSPS) is 12.7. The zero-order chi connectivity index (χ0) is 47.7. The summed E-state index contributed by atoms with van der Waals surface area (Å²) in [4.78, 5) is 25.5. The molecule has 0 N–H and O–H groups in total. The fraction of sp³-hybridized carbons (Fsp3) is 0.770. The third-order valence-electron chi connectivity index (χ3n) is 12.2. The average molecular weight is 922 g/mol. The Kier molecular flexibility index (Phi) is 54.4. The average Bonchev–Trinajstić information content (AvgIpc) is 3.32. The van der Waals surface area contributed by atoms with Gasteiger partial charge in [0.05, 0.1) is 13.2 Å². The largest absolute Gasteiger partial charge is 0.462 e. The summed E-state index contributed by atoms with van der Waals surface area (Å²) in [7, 11) is 0. The number of hydrogen-bond acceptors (Lipinski definition) is 5. The smallest absolute Gasteiger partial charge is 0.306 e. The second-order valence-electron chi connectivity index (χ2n) is 18.8. The molecule has 1 atom stereocenters. The van der Waals surface area contributed by atoms with Gasteiger partial charge in [-0.15, -0.1) is 0 Å². The number of allylic oxidation sites excluding steroid dienone is 11. The predicted octanol–water partition coefficient (Wildman–Crippen LogP) is 19.5.